The standard InChI is InChI=1S/C20H24F2N2O5/c1-13-4-2-3-5-16(13)23-20(27)24-17(25)12-28-18(26)11-8-14-6-9-15(10-7-14)29-19(21)22/h6-11,13,16,19H,2-5,12H2,1H3,(H2,23,24,25,27)/b11-8+/t13-,16+/m0/s1. The third-order valence-corrected chi connectivity index (χ3v) is 4.54. The first-order valence-electron chi connectivity index (χ1n) is 9.33. The molecule has 0 radical (unpaired) electrons. The van der Waals surface area contributed by atoms with Crippen LogP contribution in [-0.2, 0) is 14.3 Å². The number of ether oxygens (including phenoxy) is 2. The molecule has 7 nitrogen and oxygen atoms in total. The zero-order valence-electron chi connectivity index (χ0n) is 16.0. The molecule has 2 rings (SSSR count). The number of hydrogen-bond donors (Lipinski definition) is 2. The predicted octanol–water partition coefficient (Wildman–Crippen LogP) is 3.25. The SMILES string of the molecule is C[C@H]1CCCC[C@H]1NC(=O)NC(=O)COC(=O)/C=C/c1ccc(OC(F)F)cc1. The largest absolute Gasteiger partial charge is 0.452 e. The van der Waals surface area contributed by atoms with Crippen LogP contribution in [0.2, 0.25) is 0 Å². The summed E-state index contributed by atoms with van der Waals surface area (Å²) in [7, 11) is 0. The Hall–Kier alpha value is -2.97. The Morgan fingerprint density at radius 1 is 1.17 bits per heavy atom. The molecule has 29 heavy (non-hydrogen) atoms. The lowest BCUT2D eigenvalue weighted by Crippen LogP contribution is -2.48. The van der Waals surface area contributed by atoms with Crippen molar-refractivity contribution in [3.05, 3.63) is 35.9 Å². The Morgan fingerprint density at radius 3 is 2.52 bits per heavy atom. The lowest BCUT2D eigenvalue weighted by atomic mass is 9.86. The van der Waals surface area contributed by atoms with E-state index in [1.165, 1.54) is 30.3 Å². The molecule has 2 N–H and O–H groups in total. The summed E-state index contributed by atoms with van der Waals surface area (Å²) in [5.41, 5.74) is 0.550. The van der Waals surface area contributed by atoms with E-state index in [2.05, 4.69) is 22.3 Å². The third-order valence-electron chi connectivity index (χ3n) is 4.54. The maximum absolute atomic E-state index is 12.1. The second-order valence-corrected chi connectivity index (χ2v) is 6.78. The van der Waals surface area contributed by atoms with Crippen LogP contribution in [0.4, 0.5) is 13.6 Å². The van der Waals surface area contributed by atoms with E-state index in [9.17, 15) is 23.2 Å². The van der Waals surface area contributed by atoms with Gasteiger partial charge < -0.3 is 14.8 Å². The van der Waals surface area contributed by atoms with Crippen LogP contribution in [-0.4, -0.2) is 37.2 Å². The fourth-order valence-corrected chi connectivity index (χ4v) is 3.01. The van der Waals surface area contributed by atoms with Crippen molar-refractivity contribution >= 4 is 24.0 Å². The van der Waals surface area contributed by atoms with Crippen LogP contribution < -0.4 is 15.4 Å². The molecule has 2 atom stereocenters. The van der Waals surface area contributed by atoms with Crippen LogP contribution in [0.25, 0.3) is 6.08 Å². The summed E-state index contributed by atoms with van der Waals surface area (Å²) in [6.07, 6.45) is 6.55. The van der Waals surface area contributed by atoms with Gasteiger partial charge in [-0.3, -0.25) is 10.1 Å². The highest BCUT2D eigenvalue weighted by atomic mass is 19.3. The quantitative estimate of drug-likeness (QED) is 0.532. The molecule has 0 spiro atoms. The minimum absolute atomic E-state index is 0.00250. The molecule has 3 amide bonds. The van der Waals surface area contributed by atoms with E-state index in [0.717, 1.165) is 31.8 Å². The molecular formula is C20H24F2N2O5. The topological polar surface area (TPSA) is 93.7 Å². The maximum Gasteiger partial charge on any atom is 0.387 e. The number of esters is 1. The Morgan fingerprint density at radius 2 is 1.86 bits per heavy atom. The molecular weight excluding hydrogens is 386 g/mol. The number of urea groups is 1. The number of halogens is 2. The molecule has 0 heterocycles. The summed E-state index contributed by atoms with van der Waals surface area (Å²) in [6, 6.07) is 5.04. The third kappa shape index (κ3) is 8.28. The molecule has 0 unspecified atom stereocenters. The van der Waals surface area contributed by atoms with Crippen molar-refractivity contribution in [1.82, 2.24) is 10.6 Å². The lowest BCUT2D eigenvalue weighted by molar-refractivity contribution is -0.143. The Balaban J connectivity index is 1.70. The minimum atomic E-state index is -2.91. The van der Waals surface area contributed by atoms with Gasteiger partial charge in [-0.15, -0.1) is 0 Å². The van der Waals surface area contributed by atoms with Crippen molar-refractivity contribution in [3.63, 3.8) is 0 Å². The van der Waals surface area contributed by atoms with Gasteiger partial charge in [0.2, 0.25) is 0 Å². The highest BCUT2D eigenvalue weighted by molar-refractivity contribution is 5.96. The number of carbonyl (C=O) groups is 3. The maximum atomic E-state index is 12.1. The number of rotatable bonds is 7. The Kier molecular flexibility index (Phi) is 8.57. The minimum Gasteiger partial charge on any atom is -0.452 e. The van der Waals surface area contributed by atoms with Gasteiger partial charge in [0.25, 0.3) is 5.91 Å². The number of amides is 3. The average molecular weight is 410 g/mol. The van der Waals surface area contributed by atoms with Crippen LogP contribution >= 0.6 is 0 Å². The molecule has 0 saturated heterocycles. The van der Waals surface area contributed by atoms with Crippen LogP contribution in [0.5, 0.6) is 5.75 Å². The van der Waals surface area contributed by atoms with Gasteiger partial charge in [-0.25, -0.2) is 9.59 Å². The predicted molar refractivity (Wildman–Crippen MR) is 101 cm³/mol. The molecule has 1 saturated carbocycles. The summed E-state index contributed by atoms with van der Waals surface area (Å²) in [6.45, 7) is -1.46. The fraction of sp³-hybridized carbons (Fsp3) is 0.450. The summed E-state index contributed by atoms with van der Waals surface area (Å²) in [5, 5.41) is 4.90. The number of carbonyl (C=O) groups excluding carboxylic acids is 3. The van der Waals surface area contributed by atoms with Crippen molar-refractivity contribution < 1.29 is 32.6 Å². The first-order valence-corrected chi connectivity index (χ1v) is 9.33. The molecule has 1 fully saturated rings. The molecule has 1 aromatic carbocycles. The van der Waals surface area contributed by atoms with E-state index >= 15 is 0 Å². The van der Waals surface area contributed by atoms with Gasteiger partial charge in [0.15, 0.2) is 6.61 Å². The molecule has 1 aromatic rings. The second-order valence-electron chi connectivity index (χ2n) is 6.78. The van der Waals surface area contributed by atoms with E-state index < -0.39 is 31.1 Å². The van der Waals surface area contributed by atoms with Gasteiger partial charge in [0.1, 0.15) is 5.75 Å². The van der Waals surface area contributed by atoms with E-state index in [4.69, 9.17) is 4.74 Å². The monoisotopic (exact) mass is 410 g/mol. The van der Waals surface area contributed by atoms with Crippen LogP contribution in [0.15, 0.2) is 30.3 Å². The molecule has 158 valence electrons. The van der Waals surface area contributed by atoms with E-state index in [0.29, 0.717) is 11.5 Å². The van der Waals surface area contributed by atoms with Crippen molar-refractivity contribution in [2.75, 3.05) is 6.61 Å². The van der Waals surface area contributed by atoms with Crippen molar-refractivity contribution in [3.8, 4) is 5.75 Å². The molecule has 9 heteroatoms. The zero-order valence-corrected chi connectivity index (χ0v) is 16.0. The van der Waals surface area contributed by atoms with Crippen molar-refractivity contribution in [2.24, 2.45) is 5.92 Å². The summed E-state index contributed by atoms with van der Waals surface area (Å²) >= 11 is 0. The highest BCUT2D eigenvalue weighted by Gasteiger charge is 2.23. The van der Waals surface area contributed by atoms with E-state index in [1.54, 1.807) is 0 Å². The van der Waals surface area contributed by atoms with Gasteiger partial charge in [-0.1, -0.05) is 31.9 Å². The van der Waals surface area contributed by atoms with Crippen LogP contribution in [0.1, 0.15) is 38.2 Å². The zero-order chi connectivity index (χ0) is 21.2. The lowest BCUT2D eigenvalue weighted by Gasteiger charge is -2.29. The van der Waals surface area contributed by atoms with Crippen LogP contribution in [0.3, 0.4) is 0 Å². The fourth-order valence-electron chi connectivity index (χ4n) is 3.01. The Labute approximate surface area is 167 Å². The number of imide groups is 1. The molecule has 0 aromatic heterocycles. The van der Waals surface area contributed by atoms with Gasteiger partial charge in [0.05, 0.1) is 0 Å². The van der Waals surface area contributed by atoms with Gasteiger partial charge in [0, 0.05) is 12.1 Å². The Bertz CT molecular complexity index is 737. The molecule has 0 bridgehead atoms. The van der Waals surface area contributed by atoms with Gasteiger partial charge in [-0.05, 0) is 42.5 Å². The van der Waals surface area contributed by atoms with Crippen molar-refractivity contribution in [1.29, 1.82) is 0 Å². The summed E-state index contributed by atoms with van der Waals surface area (Å²) in [5.74, 6) is -1.17. The molecule has 1 aliphatic carbocycles. The number of nitrogens with one attached hydrogen (secondary N) is 2. The highest BCUT2D eigenvalue weighted by Crippen LogP contribution is 2.23. The summed E-state index contributed by atoms with van der Waals surface area (Å²) in [4.78, 5) is 35.3. The first kappa shape index (κ1) is 22.3. The van der Waals surface area contributed by atoms with E-state index in [1.807, 2.05) is 0 Å². The second kappa shape index (κ2) is 11.1. The molecule has 1 aliphatic rings. The average Bonchev–Trinajstić information content (AvgIpc) is 2.67. The summed E-state index contributed by atoms with van der Waals surface area (Å²) < 4.78 is 33.2. The smallest absolute Gasteiger partial charge is 0.387 e. The van der Waals surface area contributed by atoms with Crippen molar-refractivity contribution in [2.45, 2.75) is 45.3 Å². The van der Waals surface area contributed by atoms with Gasteiger partial charge in [-0.2, -0.15) is 8.78 Å². The number of alkyl halides is 2. The van der Waals surface area contributed by atoms with E-state index in [-0.39, 0.29) is 11.8 Å². The van der Waals surface area contributed by atoms with Gasteiger partial charge >= 0.3 is 18.6 Å². The first-order chi connectivity index (χ1) is 13.8. The number of hydrogen-bond acceptors (Lipinski definition) is 5. The normalized spacial score (nSPS) is 19.0. The molecule has 0 aliphatic heterocycles. The van der Waals surface area contributed by atoms with Crippen LogP contribution in [0, 0.1) is 5.92 Å². The number of benzene rings is 1.